The molecule has 140 valence electrons. The van der Waals surface area contributed by atoms with Gasteiger partial charge in [0.05, 0.1) is 11.6 Å². The molecule has 7 nitrogen and oxygen atoms in total. The molecule has 4 amide bonds. The molecule has 1 aromatic carbocycles. The van der Waals surface area contributed by atoms with Crippen molar-refractivity contribution in [3.63, 3.8) is 0 Å². The molecule has 0 N–H and O–H groups in total. The SMILES string of the molecule is CCN1C(=O)C2CC3(CCN(C(=O)c4ccc(C#N)cc4)CC3)CN2C1=O. The van der Waals surface area contributed by atoms with Gasteiger partial charge in [-0.15, -0.1) is 0 Å². The minimum absolute atomic E-state index is 0.0304. The molecule has 0 saturated carbocycles. The first kappa shape index (κ1) is 17.5. The number of hydrogen-bond acceptors (Lipinski definition) is 4. The van der Waals surface area contributed by atoms with E-state index in [1.165, 1.54) is 4.90 Å². The molecule has 1 unspecified atom stereocenters. The van der Waals surface area contributed by atoms with Gasteiger partial charge in [0.2, 0.25) is 0 Å². The Labute approximate surface area is 158 Å². The lowest BCUT2D eigenvalue weighted by molar-refractivity contribution is -0.128. The molecule has 0 radical (unpaired) electrons. The number of amides is 4. The van der Waals surface area contributed by atoms with Crippen LogP contribution in [-0.2, 0) is 4.79 Å². The predicted molar refractivity (Wildman–Crippen MR) is 96.6 cm³/mol. The van der Waals surface area contributed by atoms with Crippen LogP contribution in [0.3, 0.4) is 0 Å². The van der Waals surface area contributed by atoms with Gasteiger partial charge in [-0.1, -0.05) is 0 Å². The normalized spacial score (nSPS) is 23.7. The molecule has 4 rings (SSSR count). The molecule has 27 heavy (non-hydrogen) atoms. The van der Waals surface area contributed by atoms with Crippen molar-refractivity contribution in [3.05, 3.63) is 35.4 Å². The molecule has 7 heteroatoms. The average molecular weight is 366 g/mol. The van der Waals surface area contributed by atoms with Crippen LogP contribution in [0.25, 0.3) is 0 Å². The Morgan fingerprint density at radius 3 is 2.44 bits per heavy atom. The number of carbonyl (C=O) groups is 3. The average Bonchev–Trinajstić information content (AvgIpc) is 3.16. The minimum Gasteiger partial charge on any atom is -0.339 e. The van der Waals surface area contributed by atoms with Crippen molar-refractivity contribution in [1.82, 2.24) is 14.7 Å². The Morgan fingerprint density at radius 1 is 1.22 bits per heavy atom. The lowest BCUT2D eigenvalue weighted by atomic mass is 9.76. The van der Waals surface area contributed by atoms with Crippen molar-refractivity contribution in [2.45, 2.75) is 32.2 Å². The number of urea groups is 1. The van der Waals surface area contributed by atoms with Crippen LogP contribution in [-0.4, -0.2) is 64.8 Å². The maximum absolute atomic E-state index is 12.7. The third-order valence-electron chi connectivity index (χ3n) is 6.22. The summed E-state index contributed by atoms with van der Waals surface area (Å²) >= 11 is 0. The van der Waals surface area contributed by atoms with Crippen molar-refractivity contribution in [1.29, 1.82) is 5.26 Å². The third-order valence-corrected chi connectivity index (χ3v) is 6.22. The van der Waals surface area contributed by atoms with Gasteiger partial charge in [0.1, 0.15) is 6.04 Å². The van der Waals surface area contributed by atoms with E-state index in [2.05, 4.69) is 6.07 Å². The Balaban J connectivity index is 1.41. The molecule has 3 heterocycles. The summed E-state index contributed by atoms with van der Waals surface area (Å²) in [4.78, 5) is 42.4. The van der Waals surface area contributed by atoms with Crippen LogP contribution in [0, 0.1) is 16.7 Å². The summed E-state index contributed by atoms with van der Waals surface area (Å²) in [5.74, 6) is -0.104. The van der Waals surface area contributed by atoms with Crippen LogP contribution in [0.1, 0.15) is 42.1 Å². The van der Waals surface area contributed by atoms with Gasteiger partial charge in [0.25, 0.3) is 11.8 Å². The topological polar surface area (TPSA) is 84.7 Å². The van der Waals surface area contributed by atoms with E-state index < -0.39 is 0 Å². The summed E-state index contributed by atoms with van der Waals surface area (Å²) in [5.41, 5.74) is 1.06. The second-order valence-electron chi connectivity index (χ2n) is 7.69. The van der Waals surface area contributed by atoms with Crippen molar-refractivity contribution in [3.8, 4) is 6.07 Å². The summed E-state index contributed by atoms with van der Waals surface area (Å²) < 4.78 is 0. The number of likely N-dealkylation sites (tertiary alicyclic amines) is 1. The second-order valence-corrected chi connectivity index (χ2v) is 7.69. The van der Waals surface area contributed by atoms with E-state index in [0.717, 1.165) is 12.8 Å². The minimum atomic E-state index is -0.321. The molecule has 0 aromatic heterocycles. The van der Waals surface area contributed by atoms with Crippen molar-refractivity contribution in [2.75, 3.05) is 26.2 Å². The molecular formula is C20H22N4O3. The maximum atomic E-state index is 12.7. The van der Waals surface area contributed by atoms with Crippen LogP contribution >= 0.6 is 0 Å². The summed E-state index contributed by atoms with van der Waals surface area (Å²) in [5, 5.41) is 8.87. The number of carbonyl (C=O) groups excluding carboxylic acids is 3. The van der Waals surface area contributed by atoms with Gasteiger partial charge in [-0.05, 0) is 55.9 Å². The van der Waals surface area contributed by atoms with Crippen LogP contribution in [0.4, 0.5) is 4.79 Å². The predicted octanol–water partition coefficient (Wildman–Crippen LogP) is 1.84. The van der Waals surface area contributed by atoms with Gasteiger partial charge < -0.3 is 9.80 Å². The highest BCUT2D eigenvalue weighted by Crippen LogP contribution is 2.46. The van der Waals surface area contributed by atoms with Gasteiger partial charge in [-0.25, -0.2) is 4.79 Å². The molecule has 1 aromatic rings. The Kier molecular flexibility index (Phi) is 4.14. The number of piperidine rings is 1. The summed E-state index contributed by atoms with van der Waals surface area (Å²) in [6.45, 7) is 4.10. The number of hydrogen-bond donors (Lipinski definition) is 0. The lowest BCUT2D eigenvalue weighted by Crippen LogP contribution is -2.45. The molecule has 3 aliphatic heterocycles. The van der Waals surface area contributed by atoms with E-state index in [1.54, 1.807) is 29.2 Å². The molecule has 3 saturated heterocycles. The molecule has 1 spiro atoms. The van der Waals surface area contributed by atoms with E-state index in [-0.39, 0.29) is 29.3 Å². The lowest BCUT2D eigenvalue weighted by Gasteiger charge is -2.39. The highest BCUT2D eigenvalue weighted by Gasteiger charge is 2.56. The third kappa shape index (κ3) is 2.76. The standard InChI is InChI=1S/C20H22N4O3/c1-2-23-18(26)16-11-20(13-24(16)19(23)27)7-9-22(10-8-20)17(25)15-5-3-14(12-21)4-6-15/h3-6,16H,2,7-11,13H2,1H3. The zero-order chi connectivity index (χ0) is 19.2. The number of fused-ring (bicyclic) bond motifs is 1. The highest BCUT2D eigenvalue weighted by molar-refractivity contribution is 6.04. The van der Waals surface area contributed by atoms with E-state index in [0.29, 0.717) is 43.7 Å². The monoisotopic (exact) mass is 366 g/mol. The van der Waals surface area contributed by atoms with Crippen LogP contribution in [0.15, 0.2) is 24.3 Å². The number of imide groups is 1. The quantitative estimate of drug-likeness (QED) is 0.748. The van der Waals surface area contributed by atoms with E-state index in [9.17, 15) is 14.4 Å². The first-order valence-electron chi connectivity index (χ1n) is 9.39. The number of rotatable bonds is 2. The fourth-order valence-corrected chi connectivity index (χ4v) is 4.61. The smallest absolute Gasteiger partial charge is 0.327 e. The van der Waals surface area contributed by atoms with Crippen molar-refractivity contribution in [2.24, 2.45) is 5.41 Å². The van der Waals surface area contributed by atoms with Gasteiger partial charge in [0, 0.05) is 31.7 Å². The first-order valence-corrected chi connectivity index (χ1v) is 9.39. The Bertz CT molecular complexity index is 808. The Hall–Kier alpha value is -2.88. The van der Waals surface area contributed by atoms with Gasteiger partial charge in [-0.2, -0.15) is 5.26 Å². The zero-order valence-corrected chi connectivity index (χ0v) is 15.4. The largest absolute Gasteiger partial charge is 0.339 e. The fourth-order valence-electron chi connectivity index (χ4n) is 4.61. The molecule has 3 aliphatic rings. The van der Waals surface area contributed by atoms with Crippen LogP contribution < -0.4 is 0 Å². The molecular weight excluding hydrogens is 344 g/mol. The number of nitrogens with zero attached hydrogens (tertiary/aromatic N) is 4. The second kappa shape index (κ2) is 6.38. The van der Waals surface area contributed by atoms with E-state index in [1.807, 2.05) is 11.8 Å². The van der Waals surface area contributed by atoms with E-state index >= 15 is 0 Å². The van der Waals surface area contributed by atoms with Crippen molar-refractivity contribution < 1.29 is 14.4 Å². The summed E-state index contributed by atoms with van der Waals surface area (Å²) in [6.07, 6.45) is 2.30. The van der Waals surface area contributed by atoms with E-state index in [4.69, 9.17) is 5.26 Å². The molecule has 1 atom stereocenters. The van der Waals surface area contributed by atoms with Gasteiger partial charge in [-0.3, -0.25) is 14.5 Å². The first-order chi connectivity index (χ1) is 13.0. The fraction of sp³-hybridized carbons (Fsp3) is 0.500. The maximum Gasteiger partial charge on any atom is 0.327 e. The summed E-state index contributed by atoms with van der Waals surface area (Å²) in [7, 11) is 0. The summed E-state index contributed by atoms with van der Waals surface area (Å²) in [6, 6.07) is 8.25. The van der Waals surface area contributed by atoms with Crippen LogP contribution in [0.2, 0.25) is 0 Å². The van der Waals surface area contributed by atoms with Crippen molar-refractivity contribution >= 4 is 17.8 Å². The van der Waals surface area contributed by atoms with Gasteiger partial charge in [0.15, 0.2) is 0 Å². The number of likely N-dealkylation sites (N-methyl/N-ethyl adjacent to an activating group) is 1. The zero-order valence-electron chi connectivity index (χ0n) is 15.4. The molecule has 0 bridgehead atoms. The molecule has 0 aliphatic carbocycles. The highest BCUT2D eigenvalue weighted by atomic mass is 16.2. The molecule has 3 fully saturated rings. The number of nitriles is 1. The Morgan fingerprint density at radius 2 is 1.89 bits per heavy atom. The van der Waals surface area contributed by atoms with Gasteiger partial charge >= 0.3 is 6.03 Å². The van der Waals surface area contributed by atoms with Crippen LogP contribution in [0.5, 0.6) is 0 Å². The number of benzene rings is 1.